The van der Waals surface area contributed by atoms with Crippen molar-refractivity contribution in [3.63, 3.8) is 0 Å². The number of nitrogens with one attached hydrogen (secondary N) is 1. The summed E-state index contributed by atoms with van der Waals surface area (Å²) in [7, 11) is -3.82. The molecular weight excluding hydrogens is 269 g/mol. The summed E-state index contributed by atoms with van der Waals surface area (Å²) in [6, 6.07) is 6.16. The minimum absolute atomic E-state index is 0. The van der Waals surface area contributed by atoms with Crippen LogP contribution in [-0.2, 0) is 14.8 Å². The quantitative estimate of drug-likeness (QED) is 0.832. The molecule has 0 aliphatic rings. The summed E-state index contributed by atoms with van der Waals surface area (Å²) in [5, 5.41) is 0. The van der Waals surface area contributed by atoms with Crippen LogP contribution in [0.5, 0.6) is 0 Å². The Bertz CT molecular complexity index is 470. The molecule has 0 aliphatic heterocycles. The Hall–Kier alpha value is 0.0764. The molecule has 1 rings (SSSR count). The van der Waals surface area contributed by atoms with Crippen LogP contribution < -0.4 is 4.72 Å². The van der Waals surface area contributed by atoms with Crippen molar-refractivity contribution in [2.24, 2.45) is 0 Å². The number of ether oxygens (including phenoxy) is 1. The molecule has 0 bridgehead atoms. The van der Waals surface area contributed by atoms with E-state index in [1.165, 1.54) is 12.1 Å². The zero-order valence-corrected chi connectivity index (χ0v) is 9.87. The normalized spacial score (nSPS) is 10.2. The van der Waals surface area contributed by atoms with Gasteiger partial charge in [-0.1, -0.05) is 17.7 Å². The fourth-order valence-electron chi connectivity index (χ4n) is 1.05. The van der Waals surface area contributed by atoms with Crippen molar-refractivity contribution >= 4 is 67.5 Å². The molecule has 1 aromatic rings. The summed E-state index contributed by atoms with van der Waals surface area (Å²) in [6.07, 6.45) is -0.969. The van der Waals surface area contributed by atoms with Gasteiger partial charge in [-0.15, -0.1) is 0 Å². The molecular formula is C10H14KNO4S. The van der Waals surface area contributed by atoms with Crippen LogP contribution in [0, 0.1) is 6.92 Å². The maximum atomic E-state index is 11.6. The van der Waals surface area contributed by atoms with Crippen molar-refractivity contribution in [1.82, 2.24) is 4.72 Å². The van der Waals surface area contributed by atoms with Gasteiger partial charge in [0.05, 0.1) is 11.5 Å². The number of sulfonamides is 1. The number of carbonyl (C=O) groups excluding carboxylic acids is 1. The second-order valence-corrected chi connectivity index (χ2v) is 4.82. The molecule has 0 fully saturated rings. The molecule has 5 nitrogen and oxygen atoms in total. The summed E-state index contributed by atoms with van der Waals surface area (Å²) < 4.78 is 29.5. The topological polar surface area (TPSA) is 72.5 Å². The number of hydrogen-bond acceptors (Lipinski definition) is 4. The summed E-state index contributed by atoms with van der Waals surface area (Å²) in [5.74, 6) is 0. The third-order valence-electron chi connectivity index (χ3n) is 1.82. The number of carbonyl (C=O) groups is 1. The monoisotopic (exact) mass is 283 g/mol. The summed E-state index contributed by atoms with van der Waals surface area (Å²) in [5.41, 5.74) is 0.940. The third-order valence-corrected chi connectivity index (χ3v) is 3.15. The van der Waals surface area contributed by atoms with Crippen molar-refractivity contribution < 1.29 is 17.9 Å². The Morgan fingerprint density at radius 2 is 1.82 bits per heavy atom. The van der Waals surface area contributed by atoms with Crippen LogP contribution in [0.3, 0.4) is 0 Å². The fourth-order valence-corrected chi connectivity index (χ4v) is 1.94. The number of benzene rings is 1. The minimum atomic E-state index is -3.82. The Balaban J connectivity index is 0.00000256. The van der Waals surface area contributed by atoms with Crippen molar-refractivity contribution in [2.75, 3.05) is 6.61 Å². The molecule has 17 heavy (non-hydrogen) atoms. The van der Waals surface area contributed by atoms with Crippen LogP contribution >= 0.6 is 0 Å². The van der Waals surface area contributed by atoms with Crippen molar-refractivity contribution in [3.05, 3.63) is 29.8 Å². The maximum absolute atomic E-state index is 11.6. The van der Waals surface area contributed by atoms with Crippen molar-refractivity contribution in [2.45, 2.75) is 18.7 Å². The summed E-state index contributed by atoms with van der Waals surface area (Å²) in [6.45, 7) is 3.56. The van der Waals surface area contributed by atoms with Gasteiger partial charge in [0, 0.05) is 0 Å². The Morgan fingerprint density at radius 1 is 1.29 bits per heavy atom. The van der Waals surface area contributed by atoms with Crippen LogP contribution in [0.1, 0.15) is 12.5 Å². The molecule has 7 heteroatoms. The van der Waals surface area contributed by atoms with Gasteiger partial charge in [-0.25, -0.2) is 17.9 Å². The molecule has 90 valence electrons. The van der Waals surface area contributed by atoms with Crippen molar-refractivity contribution in [1.29, 1.82) is 0 Å². The Kier molecular flexibility index (Phi) is 7.53. The fraction of sp³-hybridized carbons (Fsp3) is 0.300. The van der Waals surface area contributed by atoms with Crippen LogP contribution in [0.15, 0.2) is 29.2 Å². The summed E-state index contributed by atoms with van der Waals surface area (Å²) >= 11 is 0. The van der Waals surface area contributed by atoms with Crippen LogP contribution in [0.2, 0.25) is 0 Å². The van der Waals surface area contributed by atoms with E-state index in [0.29, 0.717) is 0 Å². The van der Waals surface area contributed by atoms with E-state index in [1.54, 1.807) is 23.8 Å². The second-order valence-electron chi connectivity index (χ2n) is 3.14. The zero-order valence-electron chi connectivity index (χ0n) is 9.06. The molecule has 0 spiro atoms. The second kappa shape index (κ2) is 7.50. The van der Waals surface area contributed by atoms with Gasteiger partial charge >= 0.3 is 57.5 Å². The van der Waals surface area contributed by atoms with Gasteiger partial charge in [0.25, 0.3) is 10.0 Å². The van der Waals surface area contributed by atoms with E-state index in [2.05, 4.69) is 4.74 Å². The summed E-state index contributed by atoms with van der Waals surface area (Å²) in [4.78, 5) is 11.0. The van der Waals surface area contributed by atoms with Gasteiger partial charge in [-0.05, 0) is 26.0 Å². The number of hydrogen-bond donors (Lipinski definition) is 1. The molecule has 0 saturated carbocycles. The van der Waals surface area contributed by atoms with Crippen molar-refractivity contribution in [3.8, 4) is 0 Å². The first-order valence-corrected chi connectivity index (χ1v) is 6.20. The molecule has 1 amide bonds. The molecule has 0 aliphatic carbocycles. The van der Waals surface area contributed by atoms with Crippen LogP contribution in [-0.4, -0.2) is 72.5 Å². The number of aryl methyl sites for hydroxylation is 1. The van der Waals surface area contributed by atoms with E-state index < -0.39 is 16.1 Å². The Labute approximate surface area is 143 Å². The third kappa shape index (κ3) is 5.50. The van der Waals surface area contributed by atoms with Gasteiger partial charge < -0.3 is 4.74 Å². The van der Waals surface area contributed by atoms with Gasteiger partial charge in [-0.3, -0.25) is 0 Å². The standard InChI is InChI=1S/C10H13NO4S.K.H/c1-3-15-10(12)11-16(13,14)9-6-4-8(2)5-7-9;;/h4-7H,3H2,1-2H3,(H,11,12);;. The number of amides is 1. The molecule has 0 atom stereocenters. The predicted molar refractivity (Wildman–Crippen MR) is 65.7 cm³/mol. The molecule has 0 aromatic heterocycles. The van der Waals surface area contributed by atoms with Gasteiger partial charge in [0.2, 0.25) is 0 Å². The molecule has 0 heterocycles. The van der Waals surface area contributed by atoms with Crippen LogP contribution in [0.25, 0.3) is 0 Å². The van der Waals surface area contributed by atoms with Gasteiger partial charge in [0.15, 0.2) is 0 Å². The molecule has 1 aromatic carbocycles. The first-order chi connectivity index (χ1) is 7.45. The number of rotatable bonds is 3. The van der Waals surface area contributed by atoms with E-state index >= 15 is 0 Å². The van der Waals surface area contributed by atoms with E-state index in [9.17, 15) is 13.2 Å². The first-order valence-electron chi connectivity index (χ1n) is 4.72. The first kappa shape index (κ1) is 17.1. The molecule has 0 saturated heterocycles. The van der Waals surface area contributed by atoms with E-state index in [-0.39, 0.29) is 62.9 Å². The van der Waals surface area contributed by atoms with Gasteiger partial charge in [0.1, 0.15) is 0 Å². The molecule has 0 unspecified atom stereocenters. The molecule has 0 radical (unpaired) electrons. The Morgan fingerprint density at radius 3 is 2.29 bits per heavy atom. The van der Waals surface area contributed by atoms with E-state index in [1.807, 2.05) is 6.92 Å². The van der Waals surface area contributed by atoms with Gasteiger partial charge in [-0.2, -0.15) is 0 Å². The molecule has 1 N–H and O–H groups in total. The van der Waals surface area contributed by atoms with Crippen LogP contribution in [0.4, 0.5) is 4.79 Å². The SMILES string of the molecule is CCOC(=O)NS(=O)(=O)c1ccc(C)cc1.[KH]. The average Bonchev–Trinajstić information content (AvgIpc) is 2.17. The zero-order chi connectivity index (χ0) is 12.2. The predicted octanol–water partition coefficient (Wildman–Crippen LogP) is 0.781. The average molecular weight is 283 g/mol. The van der Waals surface area contributed by atoms with E-state index in [4.69, 9.17) is 0 Å². The van der Waals surface area contributed by atoms with E-state index in [0.717, 1.165) is 5.56 Å².